The molecule has 0 unspecified atom stereocenters. The number of hydrogen-bond donors (Lipinski definition) is 0. The molecule has 0 amide bonds. The standard InChI is InChI=1S/C26H37N2/c1-2-3-4-5-6-7-8-10-13-22-20-27-26(28-21-22)25-18-16-24(17-19-25)23-14-11-9-12-15-23/h9,16-21,23H,2-8,10-15H2,1H3. The number of nitrogens with zero attached hydrogens (tertiary/aromatic N) is 2. The molecule has 2 heteroatoms. The van der Waals surface area contributed by atoms with Crippen molar-refractivity contribution in [1.29, 1.82) is 0 Å². The largest absolute Gasteiger partial charge is 0.236 e. The molecule has 0 bridgehead atoms. The van der Waals surface area contributed by atoms with E-state index in [1.54, 1.807) is 0 Å². The first kappa shape index (κ1) is 21.0. The third kappa shape index (κ3) is 6.72. The molecule has 3 rings (SSSR count). The Morgan fingerprint density at radius 2 is 1.39 bits per heavy atom. The summed E-state index contributed by atoms with van der Waals surface area (Å²) in [6.45, 7) is 2.28. The highest BCUT2D eigenvalue weighted by Crippen LogP contribution is 2.32. The summed E-state index contributed by atoms with van der Waals surface area (Å²) in [7, 11) is 0. The first-order chi connectivity index (χ1) is 13.9. The van der Waals surface area contributed by atoms with Gasteiger partial charge in [0, 0.05) is 18.0 Å². The molecule has 2 nitrogen and oxygen atoms in total. The van der Waals surface area contributed by atoms with Crippen molar-refractivity contribution >= 4 is 0 Å². The molecule has 1 heterocycles. The van der Waals surface area contributed by atoms with E-state index in [0.717, 1.165) is 23.7 Å². The number of hydrogen-bond acceptors (Lipinski definition) is 2. The van der Waals surface area contributed by atoms with Gasteiger partial charge in [-0.15, -0.1) is 0 Å². The van der Waals surface area contributed by atoms with E-state index >= 15 is 0 Å². The van der Waals surface area contributed by atoms with Crippen molar-refractivity contribution in [2.45, 2.75) is 96.3 Å². The van der Waals surface area contributed by atoms with E-state index in [2.05, 4.69) is 47.6 Å². The van der Waals surface area contributed by atoms with Crippen LogP contribution in [-0.2, 0) is 6.42 Å². The number of unbranched alkanes of at least 4 members (excludes halogenated alkanes) is 7. The monoisotopic (exact) mass is 377 g/mol. The molecule has 151 valence electrons. The molecule has 0 aliphatic heterocycles. The van der Waals surface area contributed by atoms with Crippen molar-refractivity contribution in [2.24, 2.45) is 0 Å². The van der Waals surface area contributed by atoms with Gasteiger partial charge >= 0.3 is 0 Å². The highest BCUT2D eigenvalue weighted by atomic mass is 14.9. The number of aryl methyl sites for hydroxylation is 1. The molecule has 1 aliphatic rings. The lowest BCUT2D eigenvalue weighted by Gasteiger charge is -2.21. The Morgan fingerprint density at radius 3 is 2.04 bits per heavy atom. The summed E-state index contributed by atoms with van der Waals surface area (Å²) < 4.78 is 0. The second-order valence-electron chi connectivity index (χ2n) is 8.40. The molecule has 28 heavy (non-hydrogen) atoms. The minimum absolute atomic E-state index is 0.731. The first-order valence-corrected chi connectivity index (χ1v) is 11.6. The number of benzene rings is 1. The van der Waals surface area contributed by atoms with Gasteiger partial charge in [0.15, 0.2) is 5.82 Å². The third-order valence-corrected chi connectivity index (χ3v) is 6.10. The van der Waals surface area contributed by atoms with E-state index in [0.29, 0.717) is 0 Å². The summed E-state index contributed by atoms with van der Waals surface area (Å²) >= 11 is 0. The second kappa shape index (κ2) is 12.0. The highest BCUT2D eigenvalue weighted by Gasteiger charge is 2.15. The fourth-order valence-corrected chi connectivity index (χ4v) is 4.26. The first-order valence-electron chi connectivity index (χ1n) is 11.6. The fourth-order valence-electron chi connectivity index (χ4n) is 4.26. The van der Waals surface area contributed by atoms with Gasteiger partial charge in [-0.2, -0.15) is 0 Å². The summed E-state index contributed by atoms with van der Waals surface area (Å²) in [4.78, 5) is 9.25. The van der Waals surface area contributed by atoms with E-state index in [1.807, 2.05) is 12.4 Å². The highest BCUT2D eigenvalue weighted by molar-refractivity contribution is 5.55. The molecule has 1 aliphatic carbocycles. The Balaban J connectivity index is 1.41. The lowest BCUT2D eigenvalue weighted by molar-refractivity contribution is 0.512. The summed E-state index contributed by atoms with van der Waals surface area (Å²) in [5.74, 6) is 1.58. The van der Waals surface area contributed by atoms with Gasteiger partial charge in [0.1, 0.15) is 0 Å². The van der Waals surface area contributed by atoms with Gasteiger partial charge in [0.2, 0.25) is 0 Å². The zero-order chi connectivity index (χ0) is 19.4. The molecule has 1 saturated carbocycles. The van der Waals surface area contributed by atoms with E-state index in [4.69, 9.17) is 0 Å². The van der Waals surface area contributed by atoms with E-state index in [-0.39, 0.29) is 0 Å². The Hall–Kier alpha value is -1.70. The second-order valence-corrected chi connectivity index (χ2v) is 8.40. The van der Waals surface area contributed by atoms with Crippen LogP contribution in [0, 0.1) is 6.42 Å². The van der Waals surface area contributed by atoms with Crippen LogP contribution in [0.4, 0.5) is 0 Å². The van der Waals surface area contributed by atoms with Crippen LogP contribution in [0.3, 0.4) is 0 Å². The molecule has 0 spiro atoms. The minimum atomic E-state index is 0.731. The molecule has 0 N–H and O–H groups in total. The zero-order valence-electron chi connectivity index (χ0n) is 17.7. The van der Waals surface area contributed by atoms with Crippen molar-refractivity contribution < 1.29 is 0 Å². The van der Waals surface area contributed by atoms with Gasteiger partial charge in [-0.25, -0.2) is 9.97 Å². The zero-order valence-corrected chi connectivity index (χ0v) is 17.7. The van der Waals surface area contributed by atoms with Crippen molar-refractivity contribution in [3.05, 3.63) is 54.2 Å². The maximum absolute atomic E-state index is 4.62. The molecular formula is C26H37N2. The maximum Gasteiger partial charge on any atom is 0.159 e. The molecule has 0 saturated heterocycles. The molecule has 1 radical (unpaired) electrons. The molecule has 1 aromatic heterocycles. The van der Waals surface area contributed by atoms with Gasteiger partial charge in [0.25, 0.3) is 0 Å². The Labute approximate surface area is 172 Å². The van der Waals surface area contributed by atoms with Crippen molar-refractivity contribution in [2.75, 3.05) is 0 Å². The Morgan fingerprint density at radius 1 is 0.786 bits per heavy atom. The SMILES string of the molecule is CCCCCCCCCCc1cnc(-c2ccc(C3CC[CH]CC3)cc2)nc1. The van der Waals surface area contributed by atoms with Crippen molar-refractivity contribution in [3.8, 4) is 11.4 Å². The van der Waals surface area contributed by atoms with Crippen LogP contribution in [-0.4, -0.2) is 9.97 Å². The van der Waals surface area contributed by atoms with Crippen LogP contribution in [0.2, 0.25) is 0 Å². The topological polar surface area (TPSA) is 25.8 Å². The van der Waals surface area contributed by atoms with Crippen LogP contribution >= 0.6 is 0 Å². The smallest absolute Gasteiger partial charge is 0.159 e. The van der Waals surface area contributed by atoms with E-state index in [9.17, 15) is 0 Å². The van der Waals surface area contributed by atoms with Crippen molar-refractivity contribution in [3.63, 3.8) is 0 Å². The van der Waals surface area contributed by atoms with Gasteiger partial charge < -0.3 is 0 Å². The lowest BCUT2D eigenvalue weighted by atomic mass is 9.84. The normalized spacial score (nSPS) is 15.0. The summed E-state index contributed by atoms with van der Waals surface area (Å²) in [5.41, 5.74) is 3.87. The average molecular weight is 378 g/mol. The molecule has 1 fully saturated rings. The molecular weight excluding hydrogens is 340 g/mol. The van der Waals surface area contributed by atoms with Crippen LogP contribution in [0.5, 0.6) is 0 Å². The average Bonchev–Trinajstić information content (AvgIpc) is 2.77. The van der Waals surface area contributed by atoms with Gasteiger partial charge in [-0.3, -0.25) is 0 Å². The van der Waals surface area contributed by atoms with Crippen LogP contribution in [0.15, 0.2) is 36.7 Å². The lowest BCUT2D eigenvalue weighted by Crippen LogP contribution is -2.04. The van der Waals surface area contributed by atoms with Gasteiger partial charge in [-0.05, 0) is 62.0 Å². The third-order valence-electron chi connectivity index (χ3n) is 6.10. The van der Waals surface area contributed by atoms with E-state index in [1.165, 1.54) is 88.2 Å². The summed E-state index contributed by atoms with van der Waals surface area (Å²) in [5, 5.41) is 0. The predicted octanol–water partition coefficient (Wildman–Crippen LogP) is 7.69. The molecule has 1 aromatic carbocycles. The molecule has 2 aromatic rings. The fraction of sp³-hybridized carbons (Fsp3) is 0.577. The summed E-state index contributed by atoms with van der Waals surface area (Å²) in [6.07, 6.45) is 23.6. The van der Waals surface area contributed by atoms with Crippen LogP contribution in [0.1, 0.15) is 101 Å². The molecule has 0 atom stereocenters. The maximum atomic E-state index is 4.62. The Kier molecular flexibility index (Phi) is 9.00. The summed E-state index contributed by atoms with van der Waals surface area (Å²) in [6, 6.07) is 8.95. The Bertz CT molecular complexity index is 654. The van der Waals surface area contributed by atoms with Crippen LogP contribution in [0.25, 0.3) is 11.4 Å². The van der Waals surface area contributed by atoms with E-state index < -0.39 is 0 Å². The van der Waals surface area contributed by atoms with Gasteiger partial charge in [-0.1, -0.05) is 76.1 Å². The van der Waals surface area contributed by atoms with Gasteiger partial charge in [0.05, 0.1) is 0 Å². The number of aromatic nitrogens is 2. The van der Waals surface area contributed by atoms with Crippen LogP contribution < -0.4 is 0 Å². The predicted molar refractivity (Wildman–Crippen MR) is 119 cm³/mol. The van der Waals surface area contributed by atoms with Crippen molar-refractivity contribution in [1.82, 2.24) is 9.97 Å². The number of rotatable bonds is 11. The quantitative estimate of drug-likeness (QED) is 0.375. The minimum Gasteiger partial charge on any atom is -0.236 e.